The first-order valence-corrected chi connectivity index (χ1v) is 7.50. The lowest BCUT2D eigenvalue weighted by atomic mass is 10.1. The van der Waals surface area contributed by atoms with Gasteiger partial charge in [0.2, 0.25) is 0 Å². The molecular formula is C16H24N4. The van der Waals surface area contributed by atoms with Crippen LogP contribution in [0.25, 0.3) is 0 Å². The van der Waals surface area contributed by atoms with Crippen molar-refractivity contribution in [3.8, 4) is 0 Å². The number of nitrogens with two attached hydrogens (primary N) is 1. The Hall–Kier alpha value is -1.68. The summed E-state index contributed by atoms with van der Waals surface area (Å²) in [5, 5.41) is 8.49. The summed E-state index contributed by atoms with van der Waals surface area (Å²) < 4.78 is 2.03. The van der Waals surface area contributed by atoms with E-state index in [2.05, 4.69) is 41.5 Å². The second-order valence-corrected chi connectivity index (χ2v) is 5.13. The van der Waals surface area contributed by atoms with E-state index in [1.54, 1.807) is 0 Å². The van der Waals surface area contributed by atoms with Gasteiger partial charge in [-0.3, -0.25) is 0 Å². The van der Waals surface area contributed by atoms with Crippen molar-refractivity contribution in [2.75, 3.05) is 0 Å². The maximum atomic E-state index is 5.78. The van der Waals surface area contributed by atoms with Gasteiger partial charge in [0.1, 0.15) is 0 Å². The number of hydrogen-bond acceptors (Lipinski definition) is 3. The van der Waals surface area contributed by atoms with Gasteiger partial charge in [-0.25, -0.2) is 4.68 Å². The molecule has 0 aliphatic heterocycles. The number of hydrogen-bond donors (Lipinski definition) is 1. The molecule has 0 unspecified atom stereocenters. The molecule has 1 heterocycles. The molecule has 0 aliphatic rings. The molecule has 20 heavy (non-hydrogen) atoms. The number of aromatic nitrogens is 3. The Morgan fingerprint density at radius 1 is 1.10 bits per heavy atom. The van der Waals surface area contributed by atoms with Crippen molar-refractivity contribution in [3.05, 3.63) is 47.3 Å². The van der Waals surface area contributed by atoms with Crippen LogP contribution < -0.4 is 5.73 Å². The van der Waals surface area contributed by atoms with E-state index in [4.69, 9.17) is 5.73 Å². The van der Waals surface area contributed by atoms with Crippen LogP contribution in [0.5, 0.6) is 0 Å². The van der Waals surface area contributed by atoms with Gasteiger partial charge in [0.25, 0.3) is 0 Å². The third kappa shape index (κ3) is 3.90. The highest BCUT2D eigenvalue weighted by Crippen LogP contribution is 2.13. The van der Waals surface area contributed by atoms with E-state index in [0.717, 1.165) is 30.8 Å². The van der Waals surface area contributed by atoms with Crippen molar-refractivity contribution in [1.82, 2.24) is 15.0 Å². The van der Waals surface area contributed by atoms with Crippen molar-refractivity contribution >= 4 is 0 Å². The summed E-state index contributed by atoms with van der Waals surface area (Å²) in [7, 11) is 0. The highest BCUT2D eigenvalue weighted by atomic mass is 15.4. The monoisotopic (exact) mass is 272 g/mol. The molecule has 0 atom stereocenters. The van der Waals surface area contributed by atoms with Gasteiger partial charge >= 0.3 is 0 Å². The van der Waals surface area contributed by atoms with Crippen LogP contribution in [0, 0.1) is 0 Å². The molecule has 0 saturated heterocycles. The van der Waals surface area contributed by atoms with E-state index in [-0.39, 0.29) is 0 Å². The first-order chi connectivity index (χ1) is 9.85. The molecule has 2 N–H and O–H groups in total. The first kappa shape index (κ1) is 14.7. The standard InChI is InChI=1S/C16H24N4/c1-2-3-4-8-11-20-16(15(13-17)18-19-20)12-14-9-6-5-7-10-14/h5-7,9-10H,2-4,8,11-13,17H2,1H3. The van der Waals surface area contributed by atoms with Gasteiger partial charge in [0, 0.05) is 19.5 Å². The van der Waals surface area contributed by atoms with Crippen molar-refractivity contribution in [3.63, 3.8) is 0 Å². The topological polar surface area (TPSA) is 56.7 Å². The quantitative estimate of drug-likeness (QED) is 0.752. The predicted octanol–water partition coefficient (Wildman–Crippen LogP) is 2.91. The molecule has 0 amide bonds. The Morgan fingerprint density at radius 2 is 1.90 bits per heavy atom. The van der Waals surface area contributed by atoms with Gasteiger partial charge in [-0.15, -0.1) is 5.10 Å². The SMILES string of the molecule is CCCCCCn1nnc(CN)c1Cc1ccccc1. The Bertz CT molecular complexity index is 504. The lowest BCUT2D eigenvalue weighted by molar-refractivity contribution is 0.515. The molecule has 0 saturated carbocycles. The molecule has 4 nitrogen and oxygen atoms in total. The molecule has 0 radical (unpaired) electrons. The Morgan fingerprint density at radius 3 is 2.60 bits per heavy atom. The van der Waals surface area contributed by atoms with Crippen LogP contribution in [-0.4, -0.2) is 15.0 Å². The number of unbranched alkanes of at least 4 members (excludes halogenated alkanes) is 3. The molecule has 0 spiro atoms. The summed E-state index contributed by atoms with van der Waals surface area (Å²) in [5.41, 5.74) is 9.14. The molecule has 2 rings (SSSR count). The third-order valence-electron chi connectivity index (χ3n) is 3.55. The molecular weight excluding hydrogens is 248 g/mol. The average molecular weight is 272 g/mol. The minimum Gasteiger partial charge on any atom is -0.325 e. The maximum absolute atomic E-state index is 5.78. The summed E-state index contributed by atoms with van der Waals surface area (Å²) in [4.78, 5) is 0. The number of benzene rings is 1. The van der Waals surface area contributed by atoms with Gasteiger partial charge in [-0.05, 0) is 12.0 Å². The Kier molecular flexibility index (Phi) is 5.74. The zero-order chi connectivity index (χ0) is 14.2. The molecule has 1 aromatic carbocycles. The summed E-state index contributed by atoms with van der Waals surface area (Å²) in [6.45, 7) is 3.62. The fourth-order valence-corrected chi connectivity index (χ4v) is 2.38. The van der Waals surface area contributed by atoms with E-state index in [0.29, 0.717) is 6.54 Å². The lowest BCUT2D eigenvalue weighted by Crippen LogP contribution is -2.09. The first-order valence-electron chi connectivity index (χ1n) is 7.50. The predicted molar refractivity (Wildman–Crippen MR) is 81.3 cm³/mol. The van der Waals surface area contributed by atoms with Gasteiger partial charge < -0.3 is 5.73 Å². The normalized spacial score (nSPS) is 10.9. The number of nitrogens with zero attached hydrogens (tertiary/aromatic N) is 3. The molecule has 0 fully saturated rings. The zero-order valence-electron chi connectivity index (χ0n) is 12.3. The minimum atomic E-state index is 0.455. The van der Waals surface area contributed by atoms with Gasteiger partial charge in [-0.1, -0.05) is 61.7 Å². The highest BCUT2D eigenvalue weighted by Gasteiger charge is 2.11. The van der Waals surface area contributed by atoms with Crippen molar-refractivity contribution in [1.29, 1.82) is 0 Å². The van der Waals surface area contributed by atoms with Gasteiger partial charge in [0.15, 0.2) is 0 Å². The van der Waals surface area contributed by atoms with Crippen LogP contribution >= 0.6 is 0 Å². The maximum Gasteiger partial charge on any atom is 0.0998 e. The van der Waals surface area contributed by atoms with Gasteiger partial charge in [-0.2, -0.15) is 0 Å². The largest absolute Gasteiger partial charge is 0.325 e. The van der Waals surface area contributed by atoms with Crippen LogP contribution in [0.15, 0.2) is 30.3 Å². The summed E-state index contributed by atoms with van der Waals surface area (Å²) in [5.74, 6) is 0. The second kappa shape index (κ2) is 7.80. The third-order valence-corrected chi connectivity index (χ3v) is 3.55. The molecule has 0 aliphatic carbocycles. The Balaban J connectivity index is 2.07. The van der Waals surface area contributed by atoms with Crippen LogP contribution in [0.4, 0.5) is 0 Å². The van der Waals surface area contributed by atoms with E-state index < -0.39 is 0 Å². The highest BCUT2D eigenvalue weighted by molar-refractivity contribution is 5.23. The van der Waals surface area contributed by atoms with Crippen molar-refractivity contribution < 1.29 is 0 Å². The van der Waals surface area contributed by atoms with Crippen molar-refractivity contribution in [2.45, 2.75) is 52.1 Å². The van der Waals surface area contributed by atoms with E-state index in [9.17, 15) is 0 Å². The lowest BCUT2D eigenvalue weighted by Gasteiger charge is -2.08. The summed E-state index contributed by atoms with van der Waals surface area (Å²) in [6.07, 6.45) is 5.80. The molecule has 108 valence electrons. The van der Waals surface area contributed by atoms with Crippen molar-refractivity contribution in [2.24, 2.45) is 5.73 Å². The number of aryl methyl sites for hydroxylation is 1. The fourth-order valence-electron chi connectivity index (χ4n) is 2.38. The van der Waals surface area contributed by atoms with E-state index in [1.807, 2.05) is 10.7 Å². The second-order valence-electron chi connectivity index (χ2n) is 5.13. The smallest absolute Gasteiger partial charge is 0.0998 e. The van der Waals surface area contributed by atoms with E-state index in [1.165, 1.54) is 24.8 Å². The van der Waals surface area contributed by atoms with Crippen LogP contribution in [-0.2, 0) is 19.5 Å². The van der Waals surface area contributed by atoms with Crippen LogP contribution in [0.2, 0.25) is 0 Å². The fraction of sp³-hybridized carbons (Fsp3) is 0.500. The zero-order valence-corrected chi connectivity index (χ0v) is 12.3. The molecule has 2 aromatic rings. The van der Waals surface area contributed by atoms with Gasteiger partial charge in [0.05, 0.1) is 11.4 Å². The Labute approximate surface area is 121 Å². The van der Waals surface area contributed by atoms with Crippen LogP contribution in [0.3, 0.4) is 0 Å². The number of rotatable bonds is 8. The summed E-state index contributed by atoms with van der Waals surface area (Å²) in [6, 6.07) is 10.4. The molecule has 0 bridgehead atoms. The van der Waals surface area contributed by atoms with Crippen LogP contribution in [0.1, 0.15) is 49.6 Å². The molecule has 1 aromatic heterocycles. The minimum absolute atomic E-state index is 0.455. The molecule has 4 heteroatoms. The average Bonchev–Trinajstić information content (AvgIpc) is 2.87. The van der Waals surface area contributed by atoms with E-state index >= 15 is 0 Å². The summed E-state index contributed by atoms with van der Waals surface area (Å²) >= 11 is 0.